The number of amides is 1. The van der Waals surface area contributed by atoms with Gasteiger partial charge in [0.1, 0.15) is 6.61 Å². The van der Waals surface area contributed by atoms with Gasteiger partial charge in [0.05, 0.1) is 11.6 Å². The zero-order valence-corrected chi connectivity index (χ0v) is 14.4. The summed E-state index contributed by atoms with van der Waals surface area (Å²) in [5.74, 6) is 0.485. The molecule has 0 aromatic heterocycles. The monoisotopic (exact) mass is 329 g/mol. The molecular weight excluding hydrogens is 302 g/mol. The Labute approximate surface area is 144 Å². The Bertz CT molecular complexity index is 557. The summed E-state index contributed by atoms with van der Waals surface area (Å²) in [4.78, 5) is 15.8. The van der Waals surface area contributed by atoms with Crippen LogP contribution in [0.1, 0.15) is 37.3 Å². The van der Waals surface area contributed by atoms with Crippen molar-refractivity contribution in [3.8, 4) is 6.07 Å². The van der Waals surface area contributed by atoms with Crippen LogP contribution in [0.3, 0.4) is 0 Å². The zero-order chi connectivity index (χ0) is 17.4. The van der Waals surface area contributed by atoms with Gasteiger partial charge in [0.2, 0.25) is 5.91 Å². The summed E-state index contributed by atoms with van der Waals surface area (Å²) in [6.07, 6.45) is 3.33. The molecule has 1 heterocycles. The minimum Gasteiger partial charge on any atom is -0.387 e. The molecule has 0 spiro atoms. The number of rotatable bonds is 7. The Kier molecular flexibility index (Phi) is 7.23. The quantitative estimate of drug-likeness (QED) is 0.831. The Balaban J connectivity index is 1.72. The maximum atomic E-state index is 11.6. The average Bonchev–Trinajstić information content (AvgIpc) is 2.64. The summed E-state index contributed by atoms with van der Waals surface area (Å²) in [6.45, 7) is 6.05. The Morgan fingerprint density at radius 1 is 1.33 bits per heavy atom. The van der Waals surface area contributed by atoms with Gasteiger partial charge in [-0.25, -0.2) is 0 Å². The first-order chi connectivity index (χ1) is 11.7. The number of hydrogen-bond acceptors (Lipinski definition) is 4. The normalized spacial score (nSPS) is 15.9. The standard InChI is InChI=1S/C19H27N3O2/c1-2-22(19(24)15-23)12-9-16-7-10-21(11-8-16)14-18-5-3-17(13-20)4-6-18/h3-6,16,23H,2,7-12,14-15H2,1H3. The molecule has 0 saturated carbocycles. The second-order valence-corrected chi connectivity index (χ2v) is 6.45. The second-order valence-electron chi connectivity index (χ2n) is 6.45. The van der Waals surface area contributed by atoms with E-state index in [1.807, 2.05) is 31.2 Å². The van der Waals surface area contributed by atoms with Crippen LogP contribution in [0.25, 0.3) is 0 Å². The first-order valence-electron chi connectivity index (χ1n) is 8.76. The minimum atomic E-state index is -0.392. The van der Waals surface area contributed by atoms with E-state index in [0.717, 1.165) is 45.4 Å². The highest BCUT2D eigenvalue weighted by molar-refractivity contribution is 5.77. The molecule has 24 heavy (non-hydrogen) atoms. The SMILES string of the molecule is CCN(CCC1CCN(Cc2ccc(C#N)cc2)CC1)C(=O)CO. The third kappa shape index (κ3) is 5.33. The molecule has 0 unspecified atom stereocenters. The van der Waals surface area contributed by atoms with Gasteiger partial charge in [-0.05, 0) is 62.9 Å². The average molecular weight is 329 g/mol. The number of hydrogen-bond donors (Lipinski definition) is 1. The van der Waals surface area contributed by atoms with Gasteiger partial charge in [0.15, 0.2) is 0 Å². The lowest BCUT2D eigenvalue weighted by Crippen LogP contribution is -2.37. The summed E-state index contributed by atoms with van der Waals surface area (Å²) in [7, 11) is 0. The summed E-state index contributed by atoms with van der Waals surface area (Å²) in [5.41, 5.74) is 1.95. The predicted molar refractivity (Wildman–Crippen MR) is 93.1 cm³/mol. The number of aliphatic hydroxyl groups excluding tert-OH is 1. The van der Waals surface area contributed by atoms with Gasteiger partial charge in [0, 0.05) is 19.6 Å². The van der Waals surface area contributed by atoms with Gasteiger partial charge in [0.25, 0.3) is 0 Å². The Hall–Kier alpha value is -1.90. The number of carbonyl (C=O) groups is 1. The molecule has 0 bridgehead atoms. The predicted octanol–water partition coefficient (Wildman–Crippen LogP) is 2.00. The Morgan fingerprint density at radius 2 is 2.00 bits per heavy atom. The molecule has 1 aliphatic rings. The Morgan fingerprint density at radius 3 is 2.54 bits per heavy atom. The van der Waals surface area contributed by atoms with E-state index in [9.17, 15) is 4.79 Å². The topological polar surface area (TPSA) is 67.6 Å². The maximum Gasteiger partial charge on any atom is 0.248 e. The van der Waals surface area contributed by atoms with E-state index in [1.54, 1.807) is 4.90 Å². The number of likely N-dealkylation sites (tertiary alicyclic amines) is 1. The highest BCUT2D eigenvalue weighted by Gasteiger charge is 2.20. The molecule has 1 saturated heterocycles. The molecule has 1 aromatic carbocycles. The van der Waals surface area contributed by atoms with Gasteiger partial charge < -0.3 is 10.0 Å². The number of likely N-dealkylation sites (N-methyl/N-ethyl adjacent to an activating group) is 1. The van der Waals surface area contributed by atoms with E-state index < -0.39 is 6.61 Å². The molecule has 5 heteroatoms. The molecule has 130 valence electrons. The van der Waals surface area contributed by atoms with Crippen LogP contribution in [-0.4, -0.2) is 53.6 Å². The molecule has 1 fully saturated rings. The van der Waals surface area contributed by atoms with Gasteiger partial charge >= 0.3 is 0 Å². The fraction of sp³-hybridized carbons (Fsp3) is 0.579. The van der Waals surface area contributed by atoms with Crippen LogP contribution >= 0.6 is 0 Å². The van der Waals surface area contributed by atoms with Gasteiger partial charge in [-0.1, -0.05) is 12.1 Å². The molecule has 1 N–H and O–H groups in total. The minimum absolute atomic E-state index is 0.171. The molecule has 2 rings (SSSR count). The van der Waals surface area contributed by atoms with Crippen molar-refractivity contribution in [3.63, 3.8) is 0 Å². The highest BCUT2D eigenvalue weighted by atomic mass is 16.3. The lowest BCUT2D eigenvalue weighted by atomic mass is 9.93. The molecular formula is C19H27N3O2. The van der Waals surface area contributed by atoms with Crippen molar-refractivity contribution in [2.75, 3.05) is 32.8 Å². The van der Waals surface area contributed by atoms with E-state index in [0.29, 0.717) is 18.0 Å². The summed E-state index contributed by atoms with van der Waals surface area (Å²) in [5, 5.41) is 17.8. The van der Waals surface area contributed by atoms with Crippen molar-refractivity contribution >= 4 is 5.91 Å². The number of nitriles is 1. The molecule has 0 atom stereocenters. The fourth-order valence-corrected chi connectivity index (χ4v) is 3.27. The largest absolute Gasteiger partial charge is 0.387 e. The van der Waals surface area contributed by atoms with E-state index in [-0.39, 0.29) is 5.91 Å². The van der Waals surface area contributed by atoms with E-state index in [1.165, 1.54) is 5.56 Å². The van der Waals surface area contributed by atoms with Crippen molar-refractivity contribution in [1.82, 2.24) is 9.80 Å². The van der Waals surface area contributed by atoms with Crippen LogP contribution in [0.2, 0.25) is 0 Å². The molecule has 5 nitrogen and oxygen atoms in total. The number of carbonyl (C=O) groups excluding carboxylic acids is 1. The van der Waals surface area contributed by atoms with Crippen molar-refractivity contribution in [1.29, 1.82) is 5.26 Å². The summed E-state index contributed by atoms with van der Waals surface area (Å²) in [6, 6.07) is 9.96. The molecule has 1 aromatic rings. The summed E-state index contributed by atoms with van der Waals surface area (Å²) < 4.78 is 0. The van der Waals surface area contributed by atoms with Crippen LogP contribution in [0, 0.1) is 17.2 Å². The van der Waals surface area contributed by atoms with Gasteiger partial charge in [-0.3, -0.25) is 9.69 Å². The van der Waals surface area contributed by atoms with Crippen LogP contribution in [0.5, 0.6) is 0 Å². The second kappa shape index (κ2) is 9.41. The first kappa shape index (κ1) is 18.4. The maximum absolute atomic E-state index is 11.6. The summed E-state index contributed by atoms with van der Waals surface area (Å²) >= 11 is 0. The molecule has 0 radical (unpaired) electrons. The smallest absolute Gasteiger partial charge is 0.248 e. The third-order valence-electron chi connectivity index (χ3n) is 4.87. The number of aliphatic hydroxyl groups is 1. The number of benzene rings is 1. The third-order valence-corrected chi connectivity index (χ3v) is 4.87. The van der Waals surface area contributed by atoms with Crippen molar-refractivity contribution in [3.05, 3.63) is 35.4 Å². The lowest BCUT2D eigenvalue weighted by Gasteiger charge is -2.33. The molecule has 1 amide bonds. The van der Waals surface area contributed by atoms with E-state index >= 15 is 0 Å². The molecule has 1 aliphatic heterocycles. The lowest BCUT2D eigenvalue weighted by molar-refractivity contribution is -0.134. The van der Waals surface area contributed by atoms with Crippen LogP contribution in [-0.2, 0) is 11.3 Å². The van der Waals surface area contributed by atoms with Gasteiger partial charge in [-0.2, -0.15) is 5.26 Å². The zero-order valence-electron chi connectivity index (χ0n) is 14.4. The van der Waals surface area contributed by atoms with Crippen LogP contribution in [0.15, 0.2) is 24.3 Å². The van der Waals surface area contributed by atoms with Crippen molar-refractivity contribution in [2.24, 2.45) is 5.92 Å². The van der Waals surface area contributed by atoms with E-state index in [2.05, 4.69) is 11.0 Å². The number of piperidine rings is 1. The number of nitrogens with zero attached hydrogens (tertiary/aromatic N) is 3. The van der Waals surface area contributed by atoms with Crippen LogP contribution < -0.4 is 0 Å². The first-order valence-corrected chi connectivity index (χ1v) is 8.76. The van der Waals surface area contributed by atoms with Crippen LogP contribution in [0.4, 0.5) is 0 Å². The molecule has 0 aliphatic carbocycles. The van der Waals surface area contributed by atoms with Crippen molar-refractivity contribution < 1.29 is 9.90 Å². The van der Waals surface area contributed by atoms with E-state index in [4.69, 9.17) is 10.4 Å². The highest BCUT2D eigenvalue weighted by Crippen LogP contribution is 2.22. The van der Waals surface area contributed by atoms with Gasteiger partial charge in [-0.15, -0.1) is 0 Å². The fourth-order valence-electron chi connectivity index (χ4n) is 3.27. The van der Waals surface area contributed by atoms with Crippen molar-refractivity contribution in [2.45, 2.75) is 32.7 Å².